The fraction of sp³-hybridized carbons (Fsp3) is 0.0909. The molecule has 82 valence electrons. The standard InChI is InChI=1S/C11H9NO4/c1-6-2-3-9(16-6)10(13)7-4-8(11(14)15)12-5-7/h2-5,12H,1H3,(H,14,15). The molecule has 2 aromatic rings. The molecule has 0 spiro atoms. The van der Waals surface area contributed by atoms with E-state index in [2.05, 4.69) is 4.98 Å². The van der Waals surface area contributed by atoms with Crippen molar-refractivity contribution in [1.82, 2.24) is 4.98 Å². The third kappa shape index (κ3) is 1.75. The lowest BCUT2D eigenvalue weighted by atomic mass is 10.2. The molecule has 16 heavy (non-hydrogen) atoms. The second-order valence-corrected chi connectivity index (χ2v) is 3.35. The van der Waals surface area contributed by atoms with Gasteiger partial charge in [-0.25, -0.2) is 4.79 Å². The van der Waals surface area contributed by atoms with Gasteiger partial charge in [-0.3, -0.25) is 4.79 Å². The number of carboxylic acid groups (broad SMARTS) is 1. The minimum absolute atomic E-state index is 0.0216. The van der Waals surface area contributed by atoms with Gasteiger partial charge < -0.3 is 14.5 Å². The second-order valence-electron chi connectivity index (χ2n) is 3.35. The SMILES string of the molecule is Cc1ccc(C(=O)c2c[nH]c(C(=O)O)c2)o1. The van der Waals surface area contributed by atoms with Crippen LogP contribution in [0.1, 0.15) is 32.4 Å². The van der Waals surface area contributed by atoms with Crippen LogP contribution >= 0.6 is 0 Å². The van der Waals surface area contributed by atoms with Gasteiger partial charge in [0, 0.05) is 11.8 Å². The Hall–Kier alpha value is -2.30. The van der Waals surface area contributed by atoms with Gasteiger partial charge >= 0.3 is 5.97 Å². The van der Waals surface area contributed by atoms with E-state index >= 15 is 0 Å². The van der Waals surface area contributed by atoms with E-state index in [4.69, 9.17) is 9.52 Å². The average Bonchev–Trinajstić information content (AvgIpc) is 2.84. The predicted molar refractivity (Wildman–Crippen MR) is 54.6 cm³/mol. The number of aryl methyl sites for hydroxylation is 1. The predicted octanol–water partition coefficient (Wildman–Crippen LogP) is 1.85. The molecule has 0 aromatic carbocycles. The van der Waals surface area contributed by atoms with Gasteiger partial charge in [0.15, 0.2) is 5.76 Å². The van der Waals surface area contributed by atoms with E-state index in [1.54, 1.807) is 19.1 Å². The fourth-order valence-electron chi connectivity index (χ4n) is 1.35. The summed E-state index contributed by atoms with van der Waals surface area (Å²) in [5, 5.41) is 8.69. The monoisotopic (exact) mass is 219 g/mol. The van der Waals surface area contributed by atoms with E-state index in [1.165, 1.54) is 12.3 Å². The highest BCUT2D eigenvalue weighted by Gasteiger charge is 2.16. The zero-order valence-corrected chi connectivity index (χ0v) is 8.48. The van der Waals surface area contributed by atoms with Crippen LogP contribution in [0.5, 0.6) is 0 Å². The Kier molecular flexibility index (Phi) is 2.36. The molecule has 2 aromatic heterocycles. The van der Waals surface area contributed by atoms with Crippen molar-refractivity contribution in [3.63, 3.8) is 0 Å². The van der Waals surface area contributed by atoms with Crippen LogP contribution in [-0.2, 0) is 0 Å². The van der Waals surface area contributed by atoms with Gasteiger partial charge in [0.25, 0.3) is 0 Å². The largest absolute Gasteiger partial charge is 0.477 e. The van der Waals surface area contributed by atoms with Crippen LogP contribution < -0.4 is 0 Å². The van der Waals surface area contributed by atoms with Crippen molar-refractivity contribution >= 4 is 11.8 Å². The quantitative estimate of drug-likeness (QED) is 0.771. The summed E-state index contributed by atoms with van der Waals surface area (Å²) in [5.74, 6) is -0.600. The first-order valence-corrected chi connectivity index (χ1v) is 4.61. The van der Waals surface area contributed by atoms with Crippen molar-refractivity contribution in [3.05, 3.63) is 47.2 Å². The summed E-state index contributed by atoms with van der Waals surface area (Å²) < 4.78 is 5.16. The van der Waals surface area contributed by atoms with Crippen molar-refractivity contribution in [2.75, 3.05) is 0 Å². The number of nitrogens with one attached hydrogen (secondary N) is 1. The average molecular weight is 219 g/mol. The molecule has 5 nitrogen and oxygen atoms in total. The summed E-state index contributed by atoms with van der Waals surface area (Å²) in [5.41, 5.74) is 0.248. The molecular weight excluding hydrogens is 210 g/mol. The Morgan fingerprint density at radius 1 is 1.38 bits per heavy atom. The summed E-state index contributed by atoms with van der Waals surface area (Å²) >= 11 is 0. The topological polar surface area (TPSA) is 83.3 Å². The number of hydrogen-bond acceptors (Lipinski definition) is 3. The van der Waals surface area contributed by atoms with E-state index in [0.717, 1.165) is 0 Å². The van der Waals surface area contributed by atoms with Crippen LogP contribution in [0.4, 0.5) is 0 Å². The molecule has 0 aliphatic carbocycles. The molecule has 0 radical (unpaired) electrons. The second kappa shape index (κ2) is 3.69. The molecule has 0 aliphatic rings. The normalized spacial score (nSPS) is 10.3. The van der Waals surface area contributed by atoms with E-state index in [9.17, 15) is 9.59 Å². The van der Waals surface area contributed by atoms with Gasteiger partial charge in [0.1, 0.15) is 11.5 Å². The maximum absolute atomic E-state index is 11.8. The smallest absolute Gasteiger partial charge is 0.352 e. The molecule has 2 heterocycles. The summed E-state index contributed by atoms with van der Waals surface area (Å²) in [7, 11) is 0. The van der Waals surface area contributed by atoms with Crippen LogP contribution in [0.2, 0.25) is 0 Å². The Labute approximate surface area is 90.7 Å². The number of H-pyrrole nitrogens is 1. The van der Waals surface area contributed by atoms with Crippen LogP contribution in [0.15, 0.2) is 28.8 Å². The van der Waals surface area contributed by atoms with Gasteiger partial charge in [0.05, 0.1) is 0 Å². The number of furan rings is 1. The van der Waals surface area contributed by atoms with E-state index in [-0.39, 0.29) is 22.8 Å². The number of rotatable bonds is 3. The van der Waals surface area contributed by atoms with Gasteiger partial charge in [0.2, 0.25) is 5.78 Å². The first-order chi connectivity index (χ1) is 7.58. The van der Waals surface area contributed by atoms with Gasteiger partial charge in [-0.2, -0.15) is 0 Å². The Morgan fingerprint density at radius 3 is 2.62 bits per heavy atom. The molecule has 2 rings (SSSR count). The summed E-state index contributed by atoms with van der Waals surface area (Å²) in [6.45, 7) is 1.73. The Bertz CT molecular complexity index is 550. The third-order valence-electron chi connectivity index (χ3n) is 2.14. The lowest BCUT2D eigenvalue weighted by Crippen LogP contribution is -1.98. The number of ketones is 1. The molecule has 5 heteroatoms. The highest BCUT2D eigenvalue weighted by Crippen LogP contribution is 2.13. The van der Waals surface area contributed by atoms with Crippen LogP contribution in [0, 0.1) is 6.92 Å². The Morgan fingerprint density at radius 2 is 2.12 bits per heavy atom. The van der Waals surface area contributed by atoms with Crippen molar-refractivity contribution in [2.45, 2.75) is 6.92 Å². The lowest BCUT2D eigenvalue weighted by Gasteiger charge is -1.91. The molecule has 0 saturated heterocycles. The van der Waals surface area contributed by atoms with Crippen molar-refractivity contribution in [1.29, 1.82) is 0 Å². The van der Waals surface area contributed by atoms with E-state index < -0.39 is 5.97 Å². The Balaban J connectivity index is 2.30. The van der Waals surface area contributed by atoms with E-state index in [0.29, 0.717) is 5.76 Å². The maximum atomic E-state index is 11.8. The summed E-state index contributed by atoms with van der Waals surface area (Å²) in [4.78, 5) is 24.9. The zero-order valence-electron chi connectivity index (χ0n) is 8.48. The lowest BCUT2D eigenvalue weighted by molar-refractivity contribution is 0.0691. The van der Waals surface area contributed by atoms with E-state index in [1.807, 2.05) is 0 Å². The fourth-order valence-corrected chi connectivity index (χ4v) is 1.35. The molecule has 0 atom stereocenters. The number of carbonyl (C=O) groups is 2. The number of aromatic amines is 1. The van der Waals surface area contributed by atoms with Crippen LogP contribution in [0.3, 0.4) is 0 Å². The zero-order chi connectivity index (χ0) is 11.7. The van der Waals surface area contributed by atoms with Crippen LogP contribution in [0.25, 0.3) is 0 Å². The molecule has 2 N–H and O–H groups in total. The van der Waals surface area contributed by atoms with Crippen LogP contribution in [-0.4, -0.2) is 21.8 Å². The molecule has 0 bridgehead atoms. The first-order valence-electron chi connectivity index (χ1n) is 4.61. The summed E-state index contributed by atoms with van der Waals surface area (Å²) in [6.07, 6.45) is 1.35. The van der Waals surface area contributed by atoms with Gasteiger partial charge in [-0.05, 0) is 25.1 Å². The van der Waals surface area contributed by atoms with Crippen molar-refractivity contribution < 1.29 is 19.1 Å². The van der Waals surface area contributed by atoms with Crippen molar-refractivity contribution in [2.24, 2.45) is 0 Å². The number of carboxylic acids is 1. The molecular formula is C11H9NO4. The highest BCUT2D eigenvalue weighted by molar-refractivity contribution is 6.08. The molecule has 0 amide bonds. The number of aromatic carboxylic acids is 1. The van der Waals surface area contributed by atoms with Gasteiger partial charge in [-0.15, -0.1) is 0 Å². The minimum Gasteiger partial charge on any atom is -0.477 e. The molecule has 0 unspecified atom stereocenters. The molecule has 0 aliphatic heterocycles. The minimum atomic E-state index is -1.10. The number of hydrogen-bond donors (Lipinski definition) is 2. The third-order valence-corrected chi connectivity index (χ3v) is 2.14. The molecule has 0 fully saturated rings. The maximum Gasteiger partial charge on any atom is 0.352 e. The molecule has 0 saturated carbocycles. The number of carbonyl (C=O) groups excluding carboxylic acids is 1. The van der Waals surface area contributed by atoms with Crippen molar-refractivity contribution in [3.8, 4) is 0 Å². The highest BCUT2D eigenvalue weighted by atomic mass is 16.4. The van der Waals surface area contributed by atoms with Gasteiger partial charge in [-0.1, -0.05) is 0 Å². The summed E-state index contributed by atoms with van der Waals surface area (Å²) in [6, 6.07) is 4.52. The first kappa shape index (κ1) is 10.2. The number of aromatic nitrogens is 1.